The van der Waals surface area contributed by atoms with Crippen LogP contribution >= 0.6 is 11.6 Å². The molecular formula is C27H14ClF8N5O3. The van der Waals surface area contributed by atoms with Crippen molar-refractivity contribution in [2.24, 2.45) is 0 Å². The lowest BCUT2D eigenvalue weighted by molar-refractivity contribution is -0.140. The zero-order chi connectivity index (χ0) is 32.3. The fraction of sp³-hybridized carbons (Fsp3) is 0.185. The van der Waals surface area contributed by atoms with Gasteiger partial charge in [0.05, 0.1) is 34.3 Å². The average molecular weight is 644 g/mol. The zero-order valence-corrected chi connectivity index (χ0v) is 22.3. The summed E-state index contributed by atoms with van der Waals surface area (Å²) in [5, 5.41) is 13.8. The van der Waals surface area contributed by atoms with E-state index in [4.69, 9.17) is 11.6 Å². The van der Waals surface area contributed by atoms with Crippen LogP contribution in [0, 0.1) is 23.0 Å². The van der Waals surface area contributed by atoms with Gasteiger partial charge in [0.1, 0.15) is 24.7 Å². The number of aromatic nitrogens is 2. The lowest BCUT2D eigenvalue weighted by Gasteiger charge is -2.19. The maximum Gasteiger partial charge on any atom is 0.416 e. The van der Waals surface area contributed by atoms with E-state index in [1.165, 1.54) is 0 Å². The number of halogens is 9. The van der Waals surface area contributed by atoms with Crippen LogP contribution in [0.1, 0.15) is 43.4 Å². The molecule has 0 saturated heterocycles. The summed E-state index contributed by atoms with van der Waals surface area (Å²) in [5.41, 5.74) is -6.07. The summed E-state index contributed by atoms with van der Waals surface area (Å²) in [5.74, 6) is -4.65. The molecule has 44 heavy (non-hydrogen) atoms. The predicted molar refractivity (Wildman–Crippen MR) is 138 cm³/mol. The van der Waals surface area contributed by atoms with Gasteiger partial charge in [0, 0.05) is 27.4 Å². The molecule has 0 bridgehead atoms. The van der Waals surface area contributed by atoms with Crippen molar-refractivity contribution in [2.75, 3.05) is 5.32 Å². The number of hydrogen-bond acceptors (Lipinski definition) is 4. The third-order valence-corrected chi connectivity index (χ3v) is 7.05. The Hall–Kier alpha value is -4.91. The van der Waals surface area contributed by atoms with Crippen LogP contribution < -0.4 is 16.3 Å². The molecule has 1 aromatic heterocycles. The van der Waals surface area contributed by atoms with E-state index < -0.39 is 94.0 Å². The van der Waals surface area contributed by atoms with Crippen LogP contribution in [0.5, 0.6) is 0 Å². The largest absolute Gasteiger partial charge is 0.416 e. The van der Waals surface area contributed by atoms with Crippen molar-refractivity contribution in [3.05, 3.63) is 97.4 Å². The summed E-state index contributed by atoms with van der Waals surface area (Å²) in [6, 6.07) is 5.02. The van der Waals surface area contributed by atoms with Crippen molar-refractivity contribution in [3.8, 4) is 6.07 Å². The summed E-state index contributed by atoms with van der Waals surface area (Å²) in [6.45, 7) is -2.69. The van der Waals surface area contributed by atoms with Gasteiger partial charge < -0.3 is 10.6 Å². The molecule has 0 spiro atoms. The van der Waals surface area contributed by atoms with E-state index in [-0.39, 0.29) is 26.8 Å². The number of rotatable bonds is 5. The number of carbonyl (C=O) groups is 2. The number of nitrogens with one attached hydrogen (secondary N) is 2. The van der Waals surface area contributed by atoms with Crippen molar-refractivity contribution >= 4 is 40.1 Å². The van der Waals surface area contributed by atoms with Gasteiger partial charge in [-0.2, -0.15) is 31.6 Å². The normalized spacial score (nSPS) is 14.8. The third-order valence-electron chi connectivity index (χ3n) is 6.70. The molecule has 0 aliphatic carbocycles. The average Bonchev–Trinajstić information content (AvgIpc) is 3.38. The molecule has 0 radical (unpaired) electrons. The number of fused-ring (bicyclic) bond motifs is 3. The van der Waals surface area contributed by atoms with Gasteiger partial charge in [0.15, 0.2) is 0 Å². The van der Waals surface area contributed by atoms with Crippen LogP contribution in [0.2, 0.25) is 5.02 Å². The molecule has 2 N–H and O–H groups in total. The molecule has 4 aromatic rings. The van der Waals surface area contributed by atoms with E-state index in [0.29, 0.717) is 16.7 Å². The van der Waals surface area contributed by atoms with Gasteiger partial charge >= 0.3 is 18.0 Å². The number of alkyl halides is 6. The number of nitrogens with zero attached hydrogens (tertiary/aromatic N) is 3. The minimum absolute atomic E-state index is 0.0948. The Morgan fingerprint density at radius 1 is 1.00 bits per heavy atom. The molecule has 8 nitrogen and oxygen atoms in total. The fourth-order valence-corrected chi connectivity index (χ4v) is 5.23. The van der Waals surface area contributed by atoms with E-state index in [9.17, 15) is 54.8 Å². The number of hydrogen-bond donors (Lipinski definition) is 2. The summed E-state index contributed by atoms with van der Waals surface area (Å²) in [4.78, 5) is 39.6. The van der Waals surface area contributed by atoms with Gasteiger partial charge in [-0.3, -0.25) is 18.7 Å². The first kappa shape index (κ1) is 30.5. The minimum Gasteiger partial charge on any atom is -0.341 e. The summed E-state index contributed by atoms with van der Waals surface area (Å²) >= 11 is 6.24. The third kappa shape index (κ3) is 5.46. The van der Waals surface area contributed by atoms with Crippen LogP contribution in [0.15, 0.2) is 47.3 Å². The summed E-state index contributed by atoms with van der Waals surface area (Å²) < 4.78 is 110. The van der Waals surface area contributed by atoms with Crippen molar-refractivity contribution in [3.63, 3.8) is 0 Å². The second kappa shape index (κ2) is 10.7. The van der Waals surface area contributed by atoms with E-state index in [1.54, 1.807) is 6.07 Å². The molecule has 5 rings (SSSR count). The second-order valence-electron chi connectivity index (χ2n) is 9.56. The maximum atomic E-state index is 14.2. The Morgan fingerprint density at radius 2 is 1.70 bits per heavy atom. The van der Waals surface area contributed by atoms with Gasteiger partial charge in [0.25, 0.3) is 11.8 Å². The molecule has 1 unspecified atom stereocenters. The highest BCUT2D eigenvalue weighted by Gasteiger charge is 2.40. The quantitative estimate of drug-likeness (QED) is 0.263. The van der Waals surface area contributed by atoms with Crippen molar-refractivity contribution < 1.29 is 44.7 Å². The number of nitriles is 1. The first-order valence-corrected chi connectivity index (χ1v) is 12.6. The Morgan fingerprint density at radius 3 is 2.34 bits per heavy atom. The fourth-order valence-electron chi connectivity index (χ4n) is 5.00. The molecule has 1 aliphatic heterocycles. The molecule has 1 aliphatic rings. The minimum atomic E-state index is -5.05. The monoisotopic (exact) mass is 643 g/mol. The standard InChI is InChI=1S/C27H14ClF8N5O3/c28-16-2-1-13(29)8-15(16)21-19-17(38-23(42)11-5-12(27(34,35)36)7-14(30)6-11)9-18-22(20(19)24(43)39-21)40(4-3-37)25(44)41(18)10-26(31,32)33/h1-2,5-9,21H,4,10H2,(H,38,42)(H,39,43). The van der Waals surface area contributed by atoms with E-state index in [1.807, 2.05) is 0 Å². The SMILES string of the molecule is N#CCn1c(=O)n(CC(F)(F)F)c2cc(NC(=O)c3cc(F)cc(C(F)(F)F)c3)c3c(c21)C(=O)NC3c1cc(F)ccc1Cl. The van der Waals surface area contributed by atoms with Gasteiger partial charge in [-0.05, 0) is 42.5 Å². The van der Waals surface area contributed by atoms with Gasteiger partial charge in [-0.25, -0.2) is 13.6 Å². The van der Waals surface area contributed by atoms with Crippen LogP contribution in [-0.2, 0) is 19.3 Å². The smallest absolute Gasteiger partial charge is 0.341 e. The molecule has 228 valence electrons. The lowest BCUT2D eigenvalue weighted by atomic mass is 9.95. The van der Waals surface area contributed by atoms with Crippen LogP contribution in [0.4, 0.5) is 40.8 Å². The lowest BCUT2D eigenvalue weighted by Crippen LogP contribution is -2.29. The Balaban J connectivity index is 1.81. The number of amides is 2. The predicted octanol–water partition coefficient (Wildman–Crippen LogP) is 5.92. The van der Waals surface area contributed by atoms with Crippen LogP contribution in [0.3, 0.4) is 0 Å². The van der Waals surface area contributed by atoms with Crippen LogP contribution in [-0.4, -0.2) is 27.1 Å². The molecule has 0 saturated carbocycles. The molecule has 17 heteroatoms. The number of imidazole rings is 1. The first-order chi connectivity index (χ1) is 20.5. The number of benzene rings is 3. The Bertz CT molecular complexity index is 1970. The molecule has 2 heterocycles. The Kier molecular flexibility index (Phi) is 7.40. The van der Waals surface area contributed by atoms with E-state index in [0.717, 1.165) is 24.3 Å². The highest BCUT2D eigenvalue weighted by molar-refractivity contribution is 6.31. The van der Waals surface area contributed by atoms with Gasteiger partial charge in [0.2, 0.25) is 0 Å². The van der Waals surface area contributed by atoms with Crippen molar-refractivity contribution in [2.45, 2.75) is 31.5 Å². The Labute approximate surface area is 245 Å². The van der Waals surface area contributed by atoms with E-state index in [2.05, 4.69) is 10.6 Å². The molecule has 3 aromatic carbocycles. The number of carbonyl (C=O) groups excluding carboxylic acids is 2. The highest BCUT2D eigenvalue weighted by Crippen LogP contribution is 2.43. The van der Waals surface area contributed by atoms with Crippen LogP contribution in [0.25, 0.3) is 11.0 Å². The highest BCUT2D eigenvalue weighted by atomic mass is 35.5. The molecular weight excluding hydrogens is 630 g/mol. The number of anilines is 1. The summed E-state index contributed by atoms with van der Waals surface area (Å²) in [6.07, 6.45) is -10.0. The van der Waals surface area contributed by atoms with E-state index >= 15 is 0 Å². The summed E-state index contributed by atoms with van der Waals surface area (Å²) in [7, 11) is 0. The zero-order valence-electron chi connectivity index (χ0n) is 21.5. The molecule has 1 atom stereocenters. The maximum absolute atomic E-state index is 14.2. The van der Waals surface area contributed by atoms with Gasteiger partial charge in [-0.1, -0.05) is 11.6 Å². The van der Waals surface area contributed by atoms with Crippen molar-refractivity contribution in [1.82, 2.24) is 14.5 Å². The topological polar surface area (TPSA) is 109 Å². The van der Waals surface area contributed by atoms with Gasteiger partial charge in [-0.15, -0.1) is 0 Å². The second-order valence-corrected chi connectivity index (χ2v) is 9.97. The first-order valence-electron chi connectivity index (χ1n) is 12.2. The molecule has 0 fully saturated rings. The molecule has 2 amide bonds. The van der Waals surface area contributed by atoms with Crippen molar-refractivity contribution in [1.29, 1.82) is 5.26 Å².